The lowest BCUT2D eigenvalue weighted by Gasteiger charge is -2.09. The largest absolute Gasteiger partial charge is 0.383 e. The minimum atomic E-state index is 0.545. The Morgan fingerprint density at radius 2 is 2.06 bits per heavy atom. The molecule has 0 spiro atoms. The quantitative estimate of drug-likeness (QED) is 0.865. The number of rotatable bonds is 5. The first kappa shape index (κ1) is 12.8. The minimum absolute atomic E-state index is 0.545. The topological polar surface area (TPSA) is 76.7 Å². The first-order chi connectivity index (χ1) is 8.74. The Labute approximate surface area is 111 Å². The summed E-state index contributed by atoms with van der Waals surface area (Å²) in [5.74, 6) is 1.35. The van der Waals surface area contributed by atoms with Crippen LogP contribution in [-0.2, 0) is 19.4 Å². The molecule has 5 nitrogen and oxygen atoms in total. The van der Waals surface area contributed by atoms with Crippen LogP contribution in [-0.4, -0.2) is 15.0 Å². The van der Waals surface area contributed by atoms with Gasteiger partial charge >= 0.3 is 0 Å². The van der Waals surface area contributed by atoms with Crippen LogP contribution in [0, 0.1) is 0 Å². The van der Waals surface area contributed by atoms with Crippen molar-refractivity contribution in [2.24, 2.45) is 0 Å². The van der Waals surface area contributed by atoms with E-state index in [-0.39, 0.29) is 0 Å². The number of hydrogen-bond acceptors (Lipinski definition) is 6. The van der Waals surface area contributed by atoms with Gasteiger partial charge < -0.3 is 11.1 Å². The molecular weight excluding hydrogens is 246 g/mol. The lowest BCUT2D eigenvalue weighted by molar-refractivity contribution is 1.01. The van der Waals surface area contributed by atoms with Gasteiger partial charge in [-0.1, -0.05) is 13.8 Å². The molecule has 0 bridgehead atoms. The number of aromatic nitrogens is 3. The molecule has 0 radical (unpaired) electrons. The highest BCUT2D eigenvalue weighted by atomic mass is 32.1. The lowest BCUT2D eigenvalue weighted by atomic mass is 10.2. The predicted octanol–water partition coefficient (Wildman–Crippen LogP) is 2.25. The molecule has 3 N–H and O–H groups in total. The molecular formula is C12H17N5S. The summed E-state index contributed by atoms with van der Waals surface area (Å²) in [6.45, 7) is 4.85. The van der Waals surface area contributed by atoms with Gasteiger partial charge in [0.2, 0.25) is 0 Å². The van der Waals surface area contributed by atoms with Crippen molar-refractivity contribution in [3.8, 4) is 0 Å². The van der Waals surface area contributed by atoms with Crippen LogP contribution in [0.15, 0.2) is 12.5 Å². The van der Waals surface area contributed by atoms with Crippen LogP contribution in [0.4, 0.5) is 11.6 Å². The third kappa shape index (κ3) is 2.76. The molecule has 0 unspecified atom stereocenters. The molecule has 18 heavy (non-hydrogen) atoms. The van der Waals surface area contributed by atoms with E-state index in [1.165, 1.54) is 11.2 Å². The fraction of sp³-hybridized carbons (Fsp3) is 0.417. The Morgan fingerprint density at radius 1 is 1.22 bits per heavy atom. The van der Waals surface area contributed by atoms with Crippen molar-refractivity contribution in [3.63, 3.8) is 0 Å². The molecule has 0 saturated heterocycles. The summed E-state index contributed by atoms with van der Waals surface area (Å²) in [6, 6.07) is 0. The van der Waals surface area contributed by atoms with Gasteiger partial charge in [0.15, 0.2) is 0 Å². The van der Waals surface area contributed by atoms with E-state index in [1.54, 1.807) is 11.3 Å². The van der Waals surface area contributed by atoms with Crippen LogP contribution in [0.2, 0.25) is 0 Å². The number of aryl methyl sites for hydroxylation is 1. The zero-order valence-electron chi connectivity index (χ0n) is 10.6. The molecule has 0 saturated carbocycles. The molecule has 2 aromatic rings. The first-order valence-corrected chi connectivity index (χ1v) is 6.83. The summed E-state index contributed by atoms with van der Waals surface area (Å²) < 4.78 is 0. The molecule has 0 aromatic carbocycles. The first-order valence-electron chi connectivity index (χ1n) is 6.01. The average Bonchev–Trinajstić information content (AvgIpc) is 2.84. The number of nitrogens with zero attached hydrogens (tertiary/aromatic N) is 3. The monoisotopic (exact) mass is 263 g/mol. The summed E-state index contributed by atoms with van der Waals surface area (Å²) in [5, 5.41) is 4.34. The highest BCUT2D eigenvalue weighted by Crippen LogP contribution is 2.19. The van der Waals surface area contributed by atoms with Crippen LogP contribution in [0.1, 0.15) is 29.3 Å². The van der Waals surface area contributed by atoms with E-state index in [2.05, 4.69) is 27.2 Å². The van der Waals surface area contributed by atoms with E-state index < -0.39 is 0 Å². The Bertz CT molecular complexity index is 523. The van der Waals surface area contributed by atoms with Crippen LogP contribution in [0.5, 0.6) is 0 Å². The van der Waals surface area contributed by atoms with Gasteiger partial charge in [-0.05, 0) is 12.8 Å². The average molecular weight is 263 g/mol. The smallest absolute Gasteiger partial charge is 0.135 e. The normalized spacial score (nSPS) is 10.6. The fourth-order valence-electron chi connectivity index (χ4n) is 1.68. The molecule has 0 amide bonds. The molecule has 2 aromatic heterocycles. The van der Waals surface area contributed by atoms with Crippen molar-refractivity contribution in [3.05, 3.63) is 28.0 Å². The van der Waals surface area contributed by atoms with E-state index in [1.807, 2.05) is 13.1 Å². The summed E-state index contributed by atoms with van der Waals surface area (Å²) in [5.41, 5.74) is 6.79. The van der Waals surface area contributed by atoms with Gasteiger partial charge in [-0.2, -0.15) is 0 Å². The summed E-state index contributed by atoms with van der Waals surface area (Å²) in [4.78, 5) is 13.9. The summed E-state index contributed by atoms with van der Waals surface area (Å²) in [7, 11) is 0. The van der Waals surface area contributed by atoms with E-state index in [0.29, 0.717) is 12.4 Å². The second kappa shape index (κ2) is 5.77. The van der Waals surface area contributed by atoms with Gasteiger partial charge in [-0.15, -0.1) is 11.3 Å². The highest BCUT2D eigenvalue weighted by Gasteiger charge is 2.07. The number of nitrogens with two attached hydrogens (primary N) is 1. The highest BCUT2D eigenvalue weighted by molar-refractivity contribution is 7.11. The number of hydrogen-bond donors (Lipinski definition) is 2. The SMILES string of the molecule is CCc1cnc(CNc2ncnc(N)c2CC)s1. The Balaban J connectivity index is 2.08. The Morgan fingerprint density at radius 3 is 2.72 bits per heavy atom. The number of nitrogens with one attached hydrogen (secondary N) is 1. The minimum Gasteiger partial charge on any atom is -0.383 e. The van der Waals surface area contributed by atoms with Crippen LogP contribution in [0.3, 0.4) is 0 Å². The van der Waals surface area contributed by atoms with Crippen molar-refractivity contribution >= 4 is 23.0 Å². The maximum Gasteiger partial charge on any atom is 0.135 e. The number of nitrogen functional groups attached to an aromatic ring is 1. The van der Waals surface area contributed by atoms with E-state index in [0.717, 1.165) is 29.2 Å². The van der Waals surface area contributed by atoms with Gasteiger partial charge in [0.25, 0.3) is 0 Å². The van der Waals surface area contributed by atoms with Crippen LogP contribution in [0.25, 0.3) is 0 Å². The fourth-order valence-corrected chi connectivity index (χ4v) is 2.48. The third-order valence-electron chi connectivity index (χ3n) is 2.69. The molecule has 0 fully saturated rings. The molecule has 0 atom stereocenters. The maximum absolute atomic E-state index is 5.82. The van der Waals surface area contributed by atoms with Crippen LogP contribution < -0.4 is 11.1 Å². The third-order valence-corrected chi connectivity index (χ3v) is 3.83. The number of anilines is 2. The van der Waals surface area contributed by atoms with Crippen molar-refractivity contribution in [2.75, 3.05) is 11.1 Å². The van der Waals surface area contributed by atoms with Crippen molar-refractivity contribution in [1.82, 2.24) is 15.0 Å². The standard InChI is InChI=1S/C12H17N5S/c1-3-8-5-14-10(18-8)6-15-12-9(4-2)11(13)16-7-17-12/h5,7H,3-4,6H2,1-2H3,(H3,13,15,16,17). The molecule has 0 aliphatic rings. The van der Waals surface area contributed by atoms with Crippen LogP contribution >= 0.6 is 11.3 Å². The lowest BCUT2D eigenvalue weighted by Crippen LogP contribution is -2.07. The molecule has 6 heteroatoms. The predicted molar refractivity (Wildman–Crippen MR) is 74.6 cm³/mol. The van der Waals surface area contributed by atoms with Gasteiger partial charge in [-0.3, -0.25) is 0 Å². The second-order valence-electron chi connectivity index (χ2n) is 3.87. The Hall–Kier alpha value is -1.69. The van der Waals surface area contributed by atoms with Crippen molar-refractivity contribution in [1.29, 1.82) is 0 Å². The molecule has 0 aliphatic heterocycles. The molecule has 2 rings (SSSR count). The maximum atomic E-state index is 5.82. The number of thiazole rings is 1. The second-order valence-corrected chi connectivity index (χ2v) is 5.07. The van der Waals surface area contributed by atoms with Gasteiger partial charge in [0.05, 0.1) is 6.54 Å². The van der Waals surface area contributed by atoms with Crippen molar-refractivity contribution < 1.29 is 0 Å². The molecule has 96 valence electrons. The van der Waals surface area contributed by atoms with Crippen molar-refractivity contribution in [2.45, 2.75) is 33.2 Å². The van der Waals surface area contributed by atoms with E-state index in [9.17, 15) is 0 Å². The zero-order valence-corrected chi connectivity index (χ0v) is 11.4. The zero-order chi connectivity index (χ0) is 13.0. The molecule has 2 heterocycles. The van der Waals surface area contributed by atoms with Gasteiger partial charge in [-0.25, -0.2) is 15.0 Å². The summed E-state index contributed by atoms with van der Waals surface area (Å²) >= 11 is 1.72. The Kier molecular flexibility index (Phi) is 4.09. The van der Waals surface area contributed by atoms with Gasteiger partial charge in [0, 0.05) is 16.6 Å². The van der Waals surface area contributed by atoms with E-state index in [4.69, 9.17) is 5.73 Å². The molecule has 0 aliphatic carbocycles. The van der Waals surface area contributed by atoms with Gasteiger partial charge in [0.1, 0.15) is 23.0 Å². The van der Waals surface area contributed by atoms with E-state index >= 15 is 0 Å². The summed E-state index contributed by atoms with van der Waals surface area (Å²) in [6.07, 6.45) is 5.25.